The maximum absolute atomic E-state index is 12.3. The Balaban J connectivity index is 2.82. The van der Waals surface area contributed by atoms with Gasteiger partial charge in [-0.15, -0.1) is 0 Å². The molecule has 1 aromatic rings. The lowest BCUT2D eigenvalue weighted by atomic mass is 10.1. The second-order valence-corrected chi connectivity index (χ2v) is 8.65. The van der Waals surface area contributed by atoms with Gasteiger partial charge in [0.2, 0.25) is 11.8 Å². The highest BCUT2D eigenvalue weighted by Crippen LogP contribution is 2.10. The molecule has 0 heterocycles. The molecule has 2 N–H and O–H groups in total. The van der Waals surface area contributed by atoms with Crippen LogP contribution in [0.25, 0.3) is 0 Å². The van der Waals surface area contributed by atoms with Gasteiger partial charge in [-0.25, -0.2) is 8.42 Å². The van der Waals surface area contributed by atoms with Gasteiger partial charge in [0, 0.05) is 30.9 Å². The summed E-state index contributed by atoms with van der Waals surface area (Å²) in [4.78, 5) is 37.5. The highest BCUT2D eigenvalue weighted by atomic mass is 35.5. The van der Waals surface area contributed by atoms with Crippen LogP contribution in [0.1, 0.15) is 16.8 Å². The summed E-state index contributed by atoms with van der Waals surface area (Å²) in [6.45, 7) is -0.252. The standard InChI is InChI=1S/C16H22ClN3O5S/c1-20(2)14(21)10-18-16(23)13(8-9-26(3,24)25)19-15(22)11-4-6-12(17)7-5-11/h4-7,13H,8-10H2,1-3H3,(H,18,23)(H,19,22)/t13-/m0/s1. The summed E-state index contributed by atoms with van der Waals surface area (Å²) < 4.78 is 22.8. The third-order valence-corrected chi connectivity index (χ3v) is 4.65. The molecular weight excluding hydrogens is 382 g/mol. The highest BCUT2D eigenvalue weighted by molar-refractivity contribution is 7.90. The van der Waals surface area contributed by atoms with Gasteiger partial charge in [0.05, 0.1) is 12.3 Å². The van der Waals surface area contributed by atoms with Gasteiger partial charge < -0.3 is 15.5 Å². The molecule has 0 aliphatic rings. The molecule has 0 saturated carbocycles. The zero-order chi connectivity index (χ0) is 19.9. The second-order valence-electron chi connectivity index (χ2n) is 5.96. The molecule has 0 saturated heterocycles. The van der Waals surface area contributed by atoms with E-state index in [-0.39, 0.29) is 30.2 Å². The lowest BCUT2D eigenvalue weighted by Crippen LogP contribution is -2.49. The van der Waals surface area contributed by atoms with E-state index in [4.69, 9.17) is 11.6 Å². The average Bonchev–Trinajstić information content (AvgIpc) is 2.55. The first-order valence-corrected chi connectivity index (χ1v) is 10.2. The molecular formula is C16H22ClN3O5S. The third-order valence-electron chi connectivity index (χ3n) is 3.42. The Morgan fingerprint density at radius 1 is 1.15 bits per heavy atom. The molecule has 10 heteroatoms. The van der Waals surface area contributed by atoms with Crippen LogP contribution in [0, 0.1) is 0 Å². The van der Waals surface area contributed by atoms with Crippen LogP contribution in [0.3, 0.4) is 0 Å². The number of amides is 3. The van der Waals surface area contributed by atoms with Gasteiger partial charge in [-0.3, -0.25) is 14.4 Å². The van der Waals surface area contributed by atoms with E-state index < -0.39 is 27.7 Å². The van der Waals surface area contributed by atoms with Crippen LogP contribution < -0.4 is 10.6 Å². The molecule has 0 unspecified atom stereocenters. The first-order valence-electron chi connectivity index (χ1n) is 7.71. The van der Waals surface area contributed by atoms with Crippen molar-refractivity contribution in [2.45, 2.75) is 12.5 Å². The minimum Gasteiger partial charge on any atom is -0.347 e. The molecule has 26 heavy (non-hydrogen) atoms. The van der Waals surface area contributed by atoms with Crippen LogP contribution in [0.4, 0.5) is 0 Å². The van der Waals surface area contributed by atoms with Gasteiger partial charge in [0.15, 0.2) is 0 Å². The normalized spacial score (nSPS) is 12.2. The van der Waals surface area contributed by atoms with Crippen molar-refractivity contribution in [2.24, 2.45) is 0 Å². The zero-order valence-corrected chi connectivity index (χ0v) is 16.4. The lowest BCUT2D eigenvalue weighted by molar-refractivity contribution is -0.131. The third kappa shape index (κ3) is 7.83. The van der Waals surface area contributed by atoms with Crippen molar-refractivity contribution >= 4 is 39.2 Å². The first-order chi connectivity index (χ1) is 12.0. The predicted octanol–water partition coefficient (Wildman–Crippen LogP) is 0.0775. The van der Waals surface area contributed by atoms with Crippen molar-refractivity contribution in [2.75, 3.05) is 32.6 Å². The predicted molar refractivity (Wildman–Crippen MR) is 98.7 cm³/mol. The van der Waals surface area contributed by atoms with Crippen LogP contribution in [0.5, 0.6) is 0 Å². The van der Waals surface area contributed by atoms with Gasteiger partial charge in [0.1, 0.15) is 15.9 Å². The lowest BCUT2D eigenvalue weighted by Gasteiger charge is -2.19. The summed E-state index contributed by atoms with van der Waals surface area (Å²) in [5, 5.41) is 5.35. The largest absolute Gasteiger partial charge is 0.347 e. The number of carbonyl (C=O) groups excluding carboxylic acids is 3. The van der Waals surface area contributed by atoms with Crippen molar-refractivity contribution in [3.63, 3.8) is 0 Å². The summed E-state index contributed by atoms with van der Waals surface area (Å²) in [5.74, 6) is -1.79. The Labute approximate surface area is 157 Å². The number of hydrogen-bond acceptors (Lipinski definition) is 5. The fraction of sp³-hybridized carbons (Fsp3) is 0.438. The molecule has 0 aromatic heterocycles. The smallest absolute Gasteiger partial charge is 0.251 e. The molecule has 0 aliphatic carbocycles. The molecule has 8 nitrogen and oxygen atoms in total. The van der Waals surface area contributed by atoms with Gasteiger partial charge >= 0.3 is 0 Å². The average molecular weight is 404 g/mol. The minimum absolute atomic E-state index is 0.111. The monoisotopic (exact) mass is 403 g/mol. The summed E-state index contributed by atoms with van der Waals surface area (Å²) in [6.07, 6.45) is 0.929. The molecule has 1 aromatic carbocycles. The quantitative estimate of drug-likeness (QED) is 0.638. The van der Waals surface area contributed by atoms with Crippen LogP contribution in [0.2, 0.25) is 5.02 Å². The maximum atomic E-state index is 12.3. The topological polar surface area (TPSA) is 113 Å². The Hall–Kier alpha value is -2.13. The fourth-order valence-corrected chi connectivity index (χ4v) is 2.68. The van der Waals surface area contributed by atoms with Crippen molar-refractivity contribution in [3.8, 4) is 0 Å². The van der Waals surface area contributed by atoms with Crippen molar-refractivity contribution in [3.05, 3.63) is 34.9 Å². The molecule has 0 fully saturated rings. The Bertz CT molecular complexity index is 763. The van der Waals surface area contributed by atoms with Crippen molar-refractivity contribution in [1.82, 2.24) is 15.5 Å². The zero-order valence-electron chi connectivity index (χ0n) is 14.8. The number of benzene rings is 1. The molecule has 0 radical (unpaired) electrons. The molecule has 1 rings (SSSR count). The molecule has 0 bridgehead atoms. The molecule has 144 valence electrons. The molecule has 1 atom stereocenters. The molecule has 0 aliphatic heterocycles. The Kier molecular flexibility index (Phi) is 8.04. The highest BCUT2D eigenvalue weighted by Gasteiger charge is 2.23. The second kappa shape index (κ2) is 9.54. The van der Waals surface area contributed by atoms with Gasteiger partial charge in [-0.05, 0) is 30.7 Å². The van der Waals surface area contributed by atoms with Gasteiger partial charge in [0.25, 0.3) is 5.91 Å². The van der Waals surface area contributed by atoms with Crippen molar-refractivity contribution in [1.29, 1.82) is 0 Å². The Morgan fingerprint density at radius 2 is 1.73 bits per heavy atom. The van der Waals surface area contributed by atoms with E-state index in [0.717, 1.165) is 6.26 Å². The summed E-state index contributed by atoms with van der Waals surface area (Å²) in [6, 6.07) is 4.93. The number of hydrogen-bond donors (Lipinski definition) is 2. The number of sulfone groups is 1. The first kappa shape index (κ1) is 21.9. The van der Waals surface area contributed by atoms with E-state index in [9.17, 15) is 22.8 Å². The number of likely N-dealkylation sites (N-methyl/N-ethyl adjacent to an activating group) is 1. The van der Waals surface area contributed by atoms with E-state index in [1.54, 1.807) is 0 Å². The van der Waals surface area contributed by atoms with Crippen LogP contribution >= 0.6 is 11.6 Å². The number of nitrogens with one attached hydrogen (secondary N) is 2. The molecule has 3 amide bonds. The maximum Gasteiger partial charge on any atom is 0.251 e. The van der Waals surface area contributed by atoms with E-state index in [0.29, 0.717) is 5.02 Å². The molecule has 0 spiro atoms. The summed E-state index contributed by atoms with van der Waals surface area (Å²) >= 11 is 5.77. The minimum atomic E-state index is -3.33. The van der Waals surface area contributed by atoms with E-state index >= 15 is 0 Å². The Morgan fingerprint density at radius 3 is 2.23 bits per heavy atom. The van der Waals surface area contributed by atoms with Crippen molar-refractivity contribution < 1.29 is 22.8 Å². The number of halogens is 1. The van der Waals surface area contributed by atoms with E-state index in [1.807, 2.05) is 0 Å². The van der Waals surface area contributed by atoms with Gasteiger partial charge in [-0.2, -0.15) is 0 Å². The fourth-order valence-electron chi connectivity index (χ4n) is 1.89. The SMILES string of the molecule is CN(C)C(=O)CNC(=O)[C@H](CCS(C)(=O)=O)NC(=O)c1ccc(Cl)cc1. The number of nitrogens with zero attached hydrogens (tertiary/aromatic N) is 1. The van der Waals surface area contributed by atoms with E-state index in [2.05, 4.69) is 10.6 Å². The number of rotatable bonds is 8. The summed E-state index contributed by atoms with van der Waals surface area (Å²) in [7, 11) is -0.248. The van der Waals surface area contributed by atoms with Gasteiger partial charge in [-0.1, -0.05) is 11.6 Å². The van der Waals surface area contributed by atoms with Crippen LogP contribution in [0.15, 0.2) is 24.3 Å². The van der Waals surface area contributed by atoms with Crippen LogP contribution in [-0.2, 0) is 19.4 Å². The number of carbonyl (C=O) groups is 3. The van der Waals surface area contributed by atoms with E-state index in [1.165, 1.54) is 43.3 Å². The van der Waals surface area contributed by atoms with Crippen LogP contribution in [-0.4, -0.2) is 69.7 Å². The summed E-state index contributed by atoms with van der Waals surface area (Å²) in [5.41, 5.74) is 0.274.